The second-order valence-corrected chi connectivity index (χ2v) is 7.67. The first-order chi connectivity index (χ1) is 14.4. The number of thiocarbonyl (C=S) groups is 1. The molecule has 7 heteroatoms. The first-order valence-electron chi connectivity index (χ1n) is 9.20. The Morgan fingerprint density at radius 1 is 1.03 bits per heavy atom. The predicted molar refractivity (Wildman–Crippen MR) is 121 cm³/mol. The zero-order valence-electron chi connectivity index (χ0n) is 16.0. The lowest BCUT2D eigenvalue weighted by Crippen LogP contribution is -2.51. The van der Waals surface area contributed by atoms with Crippen LogP contribution in [0.1, 0.15) is 16.7 Å². The number of aryl methyl sites for hydroxylation is 1. The van der Waals surface area contributed by atoms with Crippen LogP contribution in [0.15, 0.2) is 60.2 Å². The highest BCUT2D eigenvalue weighted by molar-refractivity contribution is 7.80. The van der Waals surface area contributed by atoms with Crippen LogP contribution >= 0.6 is 23.8 Å². The molecule has 4 rings (SSSR count). The monoisotopic (exact) mass is 436 g/mol. The molecule has 1 aliphatic heterocycles. The third kappa shape index (κ3) is 4.06. The van der Waals surface area contributed by atoms with Crippen LogP contribution in [0, 0.1) is 6.92 Å². The van der Waals surface area contributed by atoms with E-state index in [9.17, 15) is 9.59 Å². The maximum atomic E-state index is 12.0. The van der Waals surface area contributed by atoms with E-state index in [4.69, 9.17) is 28.6 Å². The summed E-state index contributed by atoms with van der Waals surface area (Å²) in [5, 5.41) is 7.47. The van der Waals surface area contributed by atoms with E-state index in [0.717, 1.165) is 21.9 Å². The summed E-state index contributed by atoms with van der Waals surface area (Å²) in [5.41, 5.74) is 2.79. The number of hydrogen-bond donors (Lipinski definition) is 2. The molecule has 3 aromatic rings. The van der Waals surface area contributed by atoms with E-state index in [1.165, 1.54) is 6.08 Å². The molecule has 0 saturated carbocycles. The van der Waals surface area contributed by atoms with Crippen molar-refractivity contribution >= 4 is 57.6 Å². The highest BCUT2D eigenvalue weighted by Gasteiger charge is 2.25. The van der Waals surface area contributed by atoms with Gasteiger partial charge >= 0.3 is 0 Å². The summed E-state index contributed by atoms with van der Waals surface area (Å²) in [7, 11) is 0. The Hall–Kier alpha value is -3.22. The van der Waals surface area contributed by atoms with Crippen molar-refractivity contribution in [2.45, 2.75) is 13.5 Å². The third-order valence-corrected chi connectivity index (χ3v) is 5.36. The highest BCUT2D eigenvalue weighted by Crippen LogP contribution is 2.29. The van der Waals surface area contributed by atoms with Crippen molar-refractivity contribution in [3.8, 4) is 5.75 Å². The standard InChI is InChI=1S/C23H17ClN2O3S/c1-13-6-8-15-4-2-3-5-16(15)18(13)12-29-20-9-7-14(11-19(20)24)10-17-21(27)25-23(30)26-22(17)28/h2-11H,12H2,1H3,(H2,25,26,27,28,30). The van der Waals surface area contributed by atoms with Crippen LogP contribution in [0.5, 0.6) is 5.75 Å². The van der Waals surface area contributed by atoms with Crippen LogP contribution in [-0.4, -0.2) is 16.9 Å². The number of hydrogen-bond acceptors (Lipinski definition) is 4. The van der Waals surface area contributed by atoms with Crippen molar-refractivity contribution in [3.05, 3.63) is 81.9 Å². The smallest absolute Gasteiger partial charge is 0.263 e. The number of rotatable bonds is 4. The van der Waals surface area contributed by atoms with Crippen LogP contribution in [0.2, 0.25) is 5.02 Å². The summed E-state index contributed by atoms with van der Waals surface area (Å²) in [6, 6.07) is 17.4. The number of benzene rings is 3. The zero-order chi connectivity index (χ0) is 21.3. The molecule has 0 radical (unpaired) electrons. The molecule has 0 aliphatic carbocycles. The molecule has 3 aromatic carbocycles. The number of carbonyl (C=O) groups excluding carboxylic acids is 2. The van der Waals surface area contributed by atoms with E-state index < -0.39 is 11.8 Å². The van der Waals surface area contributed by atoms with E-state index in [1.807, 2.05) is 19.1 Å². The van der Waals surface area contributed by atoms with Gasteiger partial charge in [-0.3, -0.25) is 20.2 Å². The molecule has 2 amide bonds. The lowest BCUT2D eigenvalue weighted by Gasteiger charge is -2.16. The molecule has 150 valence electrons. The molecule has 0 aromatic heterocycles. The fourth-order valence-corrected chi connectivity index (χ4v) is 3.71. The van der Waals surface area contributed by atoms with Crippen molar-refractivity contribution < 1.29 is 14.3 Å². The average Bonchev–Trinajstić information content (AvgIpc) is 2.71. The molecular weight excluding hydrogens is 420 g/mol. The Morgan fingerprint density at radius 3 is 2.50 bits per heavy atom. The van der Waals surface area contributed by atoms with Crippen LogP contribution in [0.3, 0.4) is 0 Å². The fraction of sp³-hybridized carbons (Fsp3) is 0.0870. The van der Waals surface area contributed by atoms with E-state index >= 15 is 0 Å². The van der Waals surface area contributed by atoms with Gasteiger partial charge < -0.3 is 4.74 Å². The minimum absolute atomic E-state index is 0.00680. The molecule has 0 atom stereocenters. The quantitative estimate of drug-likeness (QED) is 0.363. The number of carbonyl (C=O) groups is 2. The van der Waals surface area contributed by atoms with Crippen LogP contribution in [0.25, 0.3) is 16.8 Å². The largest absolute Gasteiger partial charge is 0.487 e. The van der Waals surface area contributed by atoms with E-state index in [2.05, 4.69) is 34.9 Å². The topological polar surface area (TPSA) is 67.4 Å². The lowest BCUT2D eigenvalue weighted by molar-refractivity contribution is -0.123. The number of halogens is 1. The molecule has 1 aliphatic rings. The van der Waals surface area contributed by atoms with Gasteiger partial charge in [0.25, 0.3) is 11.8 Å². The molecule has 0 spiro atoms. The number of ether oxygens (including phenoxy) is 1. The summed E-state index contributed by atoms with van der Waals surface area (Å²) in [4.78, 5) is 24.0. The molecule has 1 fully saturated rings. The van der Waals surface area contributed by atoms with Crippen molar-refractivity contribution in [1.29, 1.82) is 0 Å². The SMILES string of the molecule is Cc1ccc2ccccc2c1COc1ccc(C=C2C(=O)NC(=S)NC2=O)cc1Cl. The first kappa shape index (κ1) is 20.1. The molecular formula is C23H17ClN2O3S. The second-order valence-electron chi connectivity index (χ2n) is 6.86. The van der Waals surface area contributed by atoms with Crippen molar-refractivity contribution in [2.24, 2.45) is 0 Å². The Morgan fingerprint density at radius 2 is 1.77 bits per heavy atom. The lowest BCUT2D eigenvalue weighted by atomic mass is 10.0. The van der Waals surface area contributed by atoms with Gasteiger partial charge in [0, 0.05) is 5.56 Å². The van der Waals surface area contributed by atoms with Gasteiger partial charge in [-0.2, -0.15) is 0 Å². The summed E-state index contributed by atoms with van der Waals surface area (Å²) < 4.78 is 5.98. The minimum atomic E-state index is -0.549. The van der Waals surface area contributed by atoms with Gasteiger partial charge in [-0.15, -0.1) is 0 Å². The average molecular weight is 437 g/mol. The van der Waals surface area contributed by atoms with Gasteiger partial charge in [0.1, 0.15) is 17.9 Å². The summed E-state index contributed by atoms with van der Waals surface area (Å²) in [5.74, 6) is -0.580. The third-order valence-electron chi connectivity index (χ3n) is 4.86. The van der Waals surface area contributed by atoms with Crippen LogP contribution in [0.4, 0.5) is 0 Å². The maximum absolute atomic E-state index is 12.0. The normalized spacial score (nSPS) is 13.8. The molecule has 1 heterocycles. The van der Waals surface area contributed by atoms with Crippen LogP contribution in [-0.2, 0) is 16.2 Å². The van der Waals surface area contributed by atoms with Gasteiger partial charge in [0.15, 0.2) is 5.11 Å². The maximum Gasteiger partial charge on any atom is 0.263 e. The van der Waals surface area contributed by atoms with Crippen LogP contribution < -0.4 is 15.4 Å². The van der Waals surface area contributed by atoms with Gasteiger partial charge in [-0.25, -0.2) is 0 Å². The Labute approximate surface area is 183 Å². The summed E-state index contributed by atoms with van der Waals surface area (Å²) in [6.45, 7) is 2.42. The molecule has 1 saturated heterocycles. The Balaban J connectivity index is 1.56. The number of amides is 2. The zero-order valence-corrected chi connectivity index (χ0v) is 17.6. The number of fused-ring (bicyclic) bond motifs is 1. The molecule has 5 nitrogen and oxygen atoms in total. The number of nitrogens with one attached hydrogen (secondary N) is 2. The van der Waals surface area contributed by atoms with Gasteiger partial charge in [-0.05, 0) is 59.2 Å². The second kappa shape index (κ2) is 8.26. The summed E-state index contributed by atoms with van der Waals surface area (Å²) >= 11 is 11.2. The molecule has 0 unspecified atom stereocenters. The van der Waals surface area contributed by atoms with Gasteiger partial charge in [0.05, 0.1) is 5.02 Å². The van der Waals surface area contributed by atoms with E-state index in [1.54, 1.807) is 18.2 Å². The van der Waals surface area contributed by atoms with Crippen molar-refractivity contribution in [2.75, 3.05) is 0 Å². The van der Waals surface area contributed by atoms with Crippen molar-refractivity contribution in [1.82, 2.24) is 10.6 Å². The highest BCUT2D eigenvalue weighted by atomic mass is 35.5. The fourth-order valence-electron chi connectivity index (χ4n) is 3.28. The van der Waals surface area contributed by atoms with E-state index in [0.29, 0.717) is 22.9 Å². The molecule has 30 heavy (non-hydrogen) atoms. The first-order valence-corrected chi connectivity index (χ1v) is 9.99. The van der Waals surface area contributed by atoms with Gasteiger partial charge in [-0.1, -0.05) is 54.1 Å². The van der Waals surface area contributed by atoms with Crippen molar-refractivity contribution in [3.63, 3.8) is 0 Å². The Bertz CT molecular complexity index is 1210. The molecule has 2 N–H and O–H groups in total. The summed E-state index contributed by atoms with van der Waals surface area (Å²) in [6.07, 6.45) is 1.46. The predicted octanol–water partition coefficient (Wildman–Crippen LogP) is 4.29. The molecule has 0 bridgehead atoms. The Kier molecular flexibility index (Phi) is 5.53. The van der Waals surface area contributed by atoms with Gasteiger partial charge in [0.2, 0.25) is 0 Å². The van der Waals surface area contributed by atoms with E-state index in [-0.39, 0.29) is 10.7 Å². The minimum Gasteiger partial charge on any atom is -0.487 e.